The summed E-state index contributed by atoms with van der Waals surface area (Å²) in [5, 5.41) is 0.694. The summed E-state index contributed by atoms with van der Waals surface area (Å²) in [6, 6.07) is 4.05. The van der Waals surface area contributed by atoms with Gasteiger partial charge in [-0.1, -0.05) is 34.5 Å². The molecule has 1 aromatic carbocycles. The fraction of sp³-hybridized carbons (Fsp3) is 0.417. The molecule has 0 atom stereocenters. The second-order valence-corrected chi connectivity index (χ2v) is 4.81. The van der Waals surface area contributed by atoms with E-state index in [9.17, 15) is 9.18 Å². The SMILES string of the molecule is CCCN(CCBr)C(=O)c1ccc(F)c(Cl)c1. The molecule has 5 heteroatoms. The monoisotopic (exact) mass is 321 g/mol. The zero-order chi connectivity index (χ0) is 12.8. The highest BCUT2D eigenvalue weighted by atomic mass is 79.9. The lowest BCUT2D eigenvalue weighted by atomic mass is 10.2. The molecule has 0 heterocycles. The van der Waals surface area contributed by atoms with E-state index in [1.54, 1.807) is 4.90 Å². The molecular weight excluding hydrogens is 308 g/mol. The predicted molar refractivity (Wildman–Crippen MR) is 71.4 cm³/mol. The van der Waals surface area contributed by atoms with Gasteiger partial charge in [-0.2, -0.15) is 0 Å². The molecule has 0 radical (unpaired) electrons. The molecule has 0 N–H and O–H groups in total. The summed E-state index contributed by atoms with van der Waals surface area (Å²) in [5.41, 5.74) is 0.422. The largest absolute Gasteiger partial charge is 0.338 e. The molecule has 94 valence electrons. The normalized spacial score (nSPS) is 10.4. The average Bonchev–Trinajstić information content (AvgIpc) is 2.31. The molecule has 0 saturated carbocycles. The molecule has 0 aromatic heterocycles. The molecule has 0 aliphatic heterocycles. The number of rotatable bonds is 5. The third-order valence-electron chi connectivity index (χ3n) is 2.30. The van der Waals surface area contributed by atoms with E-state index in [1.807, 2.05) is 6.92 Å². The molecule has 1 aromatic rings. The number of halogens is 3. The topological polar surface area (TPSA) is 20.3 Å². The van der Waals surface area contributed by atoms with Crippen molar-refractivity contribution in [2.24, 2.45) is 0 Å². The minimum atomic E-state index is -0.509. The van der Waals surface area contributed by atoms with E-state index < -0.39 is 5.82 Å². The van der Waals surface area contributed by atoms with Crippen LogP contribution >= 0.6 is 27.5 Å². The zero-order valence-electron chi connectivity index (χ0n) is 9.55. The minimum absolute atomic E-state index is 0.0221. The minimum Gasteiger partial charge on any atom is -0.338 e. The van der Waals surface area contributed by atoms with Crippen LogP contribution in [0.15, 0.2) is 18.2 Å². The number of amides is 1. The van der Waals surface area contributed by atoms with Crippen LogP contribution in [0.5, 0.6) is 0 Å². The molecule has 0 bridgehead atoms. The van der Waals surface area contributed by atoms with Gasteiger partial charge in [0.15, 0.2) is 0 Å². The lowest BCUT2D eigenvalue weighted by molar-refractivity contribution is 0.0766. The van der Waals surface area contributed by atoms with Gasteiger partial charge in [0.1, 0.15) is 5.82 Å². The average molecular weight is 323 g/mol. The van der Waals surface area contributed by atoms with Crippen molar-refractivity contribution in [3.63, 3.8) is 0 Å². The number of carbonyl (C=O) groups is 1. The Morgan fingerprint density at radius 3 is 2.71 bits per heavy atom. The number of hydrogen-bond donors (Lipinski definition) is 0. The standard InChI is InChI=1S/C12H14BrClFNO/c1-2-6-16(7-5-13)12(17)9-3-4-11(15)10(14)8-9/h3-4,8H,2,5-7H2,1H3. The van der Waals surface area contributed by atoms with Crippen LogP contribution < -0.4 is 0 Å². The first kappa shape index (κ1) is 14.5. The first-order valence-electron chi connectivity index (χ1n) is 5.40. The summed E-state index contributed by atoms with van der Waals surface area (Å²) in [7, 11) is 0. The maximum atomic E-state index is 13.0. The molecule has 0 aliphatic rings. The van der Waals surface area contributed by atoms with Crippen LogP contribution in [-0.4, -0.2) is 29.2 Å². The van der Waals surface area contributed by atoms with Gasteiger partial charge in [-0.15, -0.1) is 0 Å². The van der Waals surface area contributed by atoms with Gasteiger partial charge in [-0.3, -0.25) is 4.79 Å². The smallest absolute Gasteiger partial charge is 0.253 e. The van der Waals surface area contributed by atoms with Crippen LogP contribution in [0.3, 0.4) is 0 Å². The summed E-state index contributed by atoms with van der Waals surface area (Å²) in [6.07, 6.45) is 0.883. The highest BCUT2D eigenvalue weighted by molar-refractivity contribution is 9.09. The Morgan fingerprint density at radius 2 is 2.18 bits per heavy atom. The molecule has 2 nitrogen and oxygen atoms in total. The fourth-order valence-corrected chi connectivity index (χ4v) is 2.11. The van der Waals surface area contributed by atoms with Gasteiger partial charge in [-0.05, 0) is 24.6 Å². The van der Waals surface area contributed by atoms with E-state index in [2.05, 4.69) is 15.9 Å². The van der Waals surface area contributed by atoms with Crippen LogP contribution in [0.25, 0.3) is 0 Å². The molecule has 0 aliphatic carbocycles. The highest BCUT2D eigenvalue weighted by Crippen LogP contribution is 2.17. The van der Waals surface area contributed by atoms with Gasteiger partial charge in [-0.25, -0.2) is 4.39 Å². The Bertz CT molecular complexity index is 394. The molecular formula is C12H14BrClFNO. The van der Waals surface area contributed by atoms with E-state index in [4.69, 9.17) is 11.6 Å². The number of alkyl halides is 1. The van der Waals surface area contributed by atoms with Crippen molar-refractivity contribution in [2.75, 3.05) is 18.4 Å². The number of carbonyl (C=O) groups excluding carboxylic acids is 1. The van der Waals surface area contributed by atoms with Crippen molar-refractivity contribution in [1.29, 1.82) is 0 Å². The van der Waals surface area contributed by atoms with Crippen LogP contribution in [0, 0.1) is 5.82 Å². The second kappa shape index (κ2) is 6.97. The van der Waals surface area contributed by atoms with E-state index >= 15 is 0 Å². The Labute approximate surface area is 114 Å². The summed E-state index contributed by atoms with van der Waals surface area (Å²) in [6.45, 7) is 3.31. The van der Waals surface area contributed by atoms with Crippen LogP contribution in [0.2, 0.25) is 5.02 Å². The fourth-order valence-electron chi connectivity index (χ4n) is 1.50. The second-order valence-electron chi connectivity index (χ2n) is 3.61. The predicted octanol–water partition coefficient (Wildman–Crippen LogP) is 3.73. The van der Waals surface area contributed by atoms with Crippen molar-refractivity contribution in [3.05, 3.63) is 34.6 Å². The molecule has 1 amide bonds. The van der Waals surface area contributed by atoms with Crippen molar-refractivity contribution in [1.82, 2.24) is 4.90 Å². The van der Waals surface area contributed by atoms with Gasteiger partial charge in [0.2, 0.25) is 0 Å². The maximum absolute atomic E-state index is 13.0. The molecule has 0 unspecified atom stereocenters. The van der Waals surface area contributed by atoms with E-state index in [-0.39, 0.29) is 10.9 Å². The van der Waals surface area contributed by atoms with Crippen molar-refractivity contribution >= 4 is 33.4 Å². The van der Waals surface area contributed by atoms with Crippen molar-refractivity contribution in [3.8, 4) is 0 Å². The summed E-state index contributed by atoms with van der Waals surface area (Å²) in [4.78, 5) is 13.8. The quantitative estimate of drug-likeness (QED) is 0.757. The Morgan fingerprint density at radius 1 is 1.47 bits per heavy atom. The number of benzene rings is 1. The summed E-state index contributed by atoms with van der Waals surface area (Å²) < 4.78 is 13.0. The number of nitrogens with zero attached hydrogens (tertiary/aromatic N) is 1. The molecule has 0 spiro atoms. The van der Waals surface area contributed by atoms with Gasteiger partial charge >= 0.3 is 0 Å². The van der Waals surface area contributed by atoms with Crippen molar-refractivity contribution < 1.29 is 9.18 Å². The van der Waals surface area contributed by atoms with Gasteiger partial charge in [0.25, 0.3) is 5.91 Å². The van der Waals surface area contributed by atoms with Crippen LogP contribution in [-0.2, 0) is 0 Å². The third-order valence-corrected chi connectivity index (χ3v) is 2.95. The first-order chi connectivity index (χ1) is 8.10. The van der Waals surface area contributed by atoms with Crippen molar-refractivity contribution in [2.45, 2.75) is 13.3 Å². The lowest BCUT2D eigenvalue weighted by Gasteiger charge is -2.21. The van der Waals surface area contributed by atoms with Crippen LogP contribution in [0.4, 0.5) is 4.39 Å². The molecule has 0 fully saturated rings. The summed E-state index contributed by atoms with van der Waals surface area (Å²) >= 11 is 8.97. The number of hydrogen-bond acceptors (Lipinski definition) is 1. The maximum Gasteiger partial charge on any atom is 0.253 e. The summed E-state index contributed by atoms with van der Waals surface area (Å²) in [5.74, 6) is -0.626. The Hall–Kier alpha value is -0.610. The van der Waals surface area contributed by atoms with Gasteiger partial charge in [0.05, 0.1) is 5.02 Å². The molecule has 1 rings (SSSR count). The molecule has 0 saturated heterocycles. The van der Waals surface area contributed by atoms with E-state index in [1.165, 1.54) is 18.2 Å². The van der Waals surface area contributed by atoms with Crippen LogP contribution in [0.1, 0.15) is 23.7 Å². The van der Waals surface area contributed by atoms with Gasteiger partial charge < -0.3 is 4.90 Å². The third kappa shape index (κ3) is 3.96. The van der Waals surface area contributed by atoms with E-state index in [0.29, 0.717) is 24.0 Å². The zero-order valence-corrected chi connectivity index (χ0v) is 11.9. The Kier molecular flexibility index (Phi) is 5.92. The van der Waals surface area contributed by atoms with E-state index in [0.717, 1.165) is 6.42 Å². The first-order valence-corrected chi connectivity index (χ1v) is 6.90. The van der Waals surface area contributed by atoms with Gasteiger partial charge in [0, 0.05) is 24.0 Å². The lowest BCUT2D eigenvalue weighted by Crippen LogP contribution is -2.33. The highest BCUT2D eigenvalue weighted by Gasteiger charge is 2.15. The Balaban J connectivity index is 2.88. The molecule has 17 heavy (non-hydrogen) atoms.